The largest absolute Gasteiger partial charge is 0.507 e. The van der Waals surface area contributed by atoms with E-state index in [4.69, 9.17) is 14.2 Å². The van der Waals surface area contributed by atoms with Crippen LogP contribution in [-0.4, -0.2) is 33.6 Å². The van der Waals surface area contributed by atoms with Crippen molar-refractivity contribution in [3.05, 3.63) is 69.0 Å². The molecule has 0 aromatic heterocycles. The Kier molecular flexibility index (Phi) is 7.31. The van der Waals surface area contributed by atoms with Crippen LogP contribution >= 0.6 is 0 Å². The lowest BCUT2D eigenvalue weighted by Gasteiger charge is -2.25. The fraction of sp³-hybridized carbons (Fsp3) is 0.538. The van der Waals surface area contributed by atoms with Gasteiger partial charge in [-0.2, -0.15) is 0 Å². The highest BCUT2D eigenvalue weighted by Gasteiger charge is 2.49. The Balaban J connectivity index is 1.07. The Morgan fingerprint density at radius 2 is 1.29 bits per heavy atom. The summed E-state index contributed by atoms with van der Waals surface area (Å²) in [5.74, 6) is -2.13. The van der Waals surface area contributed by atoms with Gasteiger partial charge in [0.1, 0.15) is 35.6 Å². The quantitative estimate of drug-likeness (QED) is 0.223. The maximum atomic E-state index is 16.0. The van der Waals surface area contributed by atoms with Gasteiger partial charge >= 0.3 is 0 Å². The summed E-state index contributed by atoms with van der Waals surface area (Å²) >= 11 is 0. The summed E-state index contributed by atoms with van der Waals surface area (Å²) in [7, 11) is 0. The molecular formula is C39H43F3O6. The van der Waals surface area contributed by atoms with Gasteiger partial charge in [-0.25, -0.2) is 13.2 Å². The van der Waals surface area contributed by atoms with Crippen molar-refractivity contribution in [3.8, 4) is 34.5 Å². The minimum absolute atomic E-state index is 0.0205. The van der Waals surface area contributed by atoms with Crippen molar-refractivity contribution in [2.45, 2.75) is 121 Å². The average molecular weight is 665 g/mol. The number of hydrogen-bond acceptors (Lipinski definition) is 6. The van der Waals surface area contributed by atoms with Crippen molar-refractivity contribution in [3.63, 3.8) is 0 Å². The molecule has 0 spiro atoms. The molecule has 0 amide bonds. The SMILES string of the molecule is CC(CC1Oc2c(F)cc(C(C)C3Cc4c(O)c(C(C)C5CC5)cc(F)c4O3)c(O)c2C1C1CC1)c1cc(F)c2c(c1O)C(C)C(C)O2. The van der Waals surface area contributed by atoms with E-state index in [9.17, 15) is 15.3 Å². The van der Waals surface area contributed by atoms with E-state index in [1.54, 1.807) is 0 Å². The average Bonchev–Trinajstić information content (AvgIpc) is 3.97. The van der Waals surface area contributed by atoms with Crippen LogP contribution in [0.1, 0.15) is 130 Å². The Labute approximate surface area is 278 Å². The van der Waals surface area contributed by atoms with Gasteiger partial charge < -0.3 is 29.5 Å². The molecular weight excluding hydrogens is 621 g/mol. The normalized spacial score (nSPS) is 27.4. The van der Waals surface area contributed by atoms with Crippen molar-refractivity contribution in [2.75, 3.05) is 0 Å². The lowest BCUT2D eigenvalue weighted by molar-refractivity contribution is 0.171. The third kappa shape index (κ3) is 4.81. The van der Waals surface area contributed by atoms with Crippen LogP contribution in [0, 0.1) is 29.3 Å². The molecule has 8 unspecified atom stereocenters. The molecule has 48 heavy (non-hydrogen) atoms. The van der Waals surface area contributed by atoms with Crippen LogP contribution in [0.25, 0.3) is 0 Å². The minimum Gasteiger partial charge on any atom is -0.507 e. The molecule has 5 aliphatic rings. The third-order valence-corrected chi connectivity index (χ3v) is 12.1. The van der Waals surface area contributed by atoms with Crippen LogP contribution in [0.4, 0.5) is 13.2 Å². The summed E-state index contributed by atoms with van der Waals surface area (Å²) in [5.41, 5.74) is 2.72. The zero-order valence-electron chi connectivity index (χ0n) is 27.9. The van der Waals surface area contributed by atoms with Gasteiger partial charge in [0.25, 0.3) is 0 Å². The maximum Gasteiger partial charge on any atom is 0.165 e. The number of halogens is 3. The molecule has 2 fully saturated rings. The lowest BCUT2D eigenvalue weighted by atomic mass is 9.81. The van der Waals surface area contributed by atoms with E-state index in [-0.39, 0.29) is 76.6 Å². The Morgan fingerprint density at radius 1 is 0.708 bits per heavy atom. The van der Waals surface area contributed by atoms with Crippen molar-refractivity contribution in [2.24, 2.45) is 11.8 Å². The fourth-order valence-electron chi connectivity index (χ4n) is 8.70. The van der Waals surface area contributed by atoms with Crippen molar-refractivity contribution < 1.29 is 42.7 Å². The predicted molar refractivity (Wildman–Crippen MR) is 173 cm³/mol. The Hall–Kier alpha value is -3.75. The van der Waals surface area contributed by atoms with E-state index in [0.29, 0.717) is 45.7 Å². The second-order valence-electron chi connectivity index (χ2n) is 15.2. The highest BCUT2D eigenvalue weighted by molar-refractivity contribution is 5.59. The van der Waals surface area contributed by atoms with Crippen LogP contribution in [0.2, 0.25) is 0 Å². The van der Waals surface area contributed by atoms with Crippen LogP contribution in [0.5, 0.6) is 34.5 Å². The van der Waals surface area contributed by atoms with Crippen LogP contribution in [0.15, 0.2) is 18.2 Å². The molecule has 3 aromatic carbocycles. The standard InChI is InChI=1S/C39H43F3O6/c1-15(22-11-27(41)38-31(35(22)44)16(2)19(5)46-38)10-30-32(21-8-9-21)33-36(45)24(13-28(42)39(33)48-30)18(4)29-14-25-34(43)23(17(3)20-6-7-20)12-26(40)37(25)47-29/h11-13,15-21,29-30,32,43-45H,6-10,14H2,1-5H3. The summed E-state index contributed by atoms with van der Waals surface area (Å²) in [6, 6.07) is 3.98. The number of hydrogen-bond donors (Lipinski definition) is 3. The molecule has 2 aliphatic carbocycles. The number of rotatable bonds is 8. The molecule has 3 aromatic rings. The van der Waals surface area contributed by atoms with E-state index in [1.807, 2.05) is 34.6 Å². The molecule has 3 heterocycles. The summed E-state index contributed by atoms with van der Waals surface area (Å²) in [4.78, 5) is 0. The van der Waals surface area contributed by atoms with E-state index in [2.05, 4.69) is 0 Å². The third-order valence-electron chi connectivity index (χ3n) is 12.1. The van der Waals surface area contributed by atoms with Crippen LogP contribution in [-0.2, 0) is 6.42 Å². The first-order valence-corrected chi connectivity index (χ1v) is 17.5. The van der Waals surface area contributed by atoms with Gasteiger partial charge in [0, 0.05) is 57.6 Å². The van der Waals surface area contributed by atoms with Gasteiger partial charge in [-0.15, -0.1) is 0 Å². The second-order valence-corrected chi connectivity index (χ2v) is 15.2. The first kappa shape index (κ1) is 31.5. The molecule has 8 rings (SSSR count). The van der Waals surface area contributed by atoms with E-state index in [1.165, 1.54) is 18.2 Å². The fourth-order valence-corrected chi connectivity index (χ4v) is 8.70. The summed E-state index contributed by atoms with van der Waals surface area (Å²) in [6.45, 7) is 9.46. The molecule has 3 N–H and O–H groups in total. The summed E-state index contributed by atoms with van der Waals surface area (Å²) in [5, 5.41) is 34.2. The number of benzene rings is 3. The zero-order chi connectivity index (χ0) is 33.9. The zero-order valence-corrected chi connectivity index (χ0v) is 27.9. The number of phenolic OH excluding ortho intramolecular Hbond substituents is 3. The van der Waals surface area contributed by atoms with E-state index < -0.39 is 35.6 Å². The second kappa shape index (κ2) is 11.1. The molecule has 0 radical (unpaired) electrons. The number of ether oxygens (including phenoxy) is 3. The van der Waals surface area contributed by atoms with Crippen molar-refractivity contribution in [1.29, 1.82) is 0 Å². The lowest BCUT2D eigenvalue weighted by Crippen LogP contribution is -2.23. The van der Waals surface area contributed by atoms with Crippen molar-refractivity contribution >= 4 is 0 Å². The minimum atomic E-state index is -0.625. The molecule has 0 saturated heterocycles. The highest BCUT2D eigenvalue weighted by Crippen LogP contribution is 2.59. The number of fused-ring (bicyclic) bond motifs is 3. The summed E-state index contributed by atoms with van der Waals surface area (Å²) in [6.07, 6.45) is 3.16. The number of aromatic hydroxyl groups is 3. The van der Waals surface area contributed by atoms with Gasteiger partial charge in [0.15, 0.2) is 34.7 Å². The number of phenols is 3. The monoisotopic (exact) mass is 664 g/mol. The first-order chi connectivity index (χ1) is 22.8. The van der Waals surface area contributed by atoms with Crippen LogP contribution in [0.3, 0.4) is 0 Å². The molecule has 0 bridgehead atoms. The van der Waals surface area contributed by atoms with Gasteiger partial charge in [0.2, 0.25) is 0 Å². The topological polar surface area (TPSA) is 88.4 Å². The smallest absolute Gasteiger partial charge is 0.165 e. The molecule has 9 heteroatoms. The molecule has 2 saturated carbocycles. The molecule has 256 valence electrons. The highest BCUT2D eigenvalue weighted by atomic mass is 19.1. The van der Waals surface area contributed by atoms with E-state index >= 15 is 13.2 Å². The Morgan fingerprint density at radius 3 is 1.94 bits per heavy atom. The van der Waals surface area contributed by atoms with Gasteiger partial charge in [-0.05, 0) is 80.9 Å². The van der Waals surface area contributed by atoms with Gasteiger partial charge in [-0.1, -0.05) is 27.7 Å². The van der Waals surface area contributed by atoms with Gasteiger partial charge in [-0.3, -0.25) is 0 Å². The molecule has 8 atom stereocenters. The van der Waals surface area contributed by atoms with Crippen molar-refractivity contribution in [1.82, 2.24) is 0 Å². The van der Waals surface area contributed by atoms with Crippen LogP contribution < -0.4 is 14.2 Å². The first-order valence-electron chi connectivity index (χ1n) is 17.5. The Bertz CT molecular complexity index is 1820. The van der Waals surface area contributed by atoms with Gasteiger partial charge in [0.05, 0.1) is 0 Å². The molecule has 3 aliphatic heterocycles. The summed E-state index contributed by atoms with van der Waals surface area (Å²) < 4.78 is 64.4. The maximum absolute atomic E-state index is 16.0. The predicted octanol–water partition coefficient (Wildman–Crippen LogP) is 9.17. The van der Waals surface area contributed by atoms with E-state index in [0.717, 1.165) is 25.7 Å². The molecule has 6 nitrogen and oxygen atoms in total.